The first-order valence-corrected chi connectivity index (χ1v) is 10.9. The number of carbonyl (C=O) groups excluding carboxylic acids is 1. The highest BCUT2D eigenvalue weighted by Gasteiger charge is 2.26. The van der Waals surface area contributed by atoms with Crippen LogP contribution in [-0.2, 0) is 16.1 Å². The molecule has 1 fully saturated rings. The summed E-state index contributed by atoms with van der Waals surface area (Å²) in [6.45, 7) is 2.87. The molecule has 1 heterocycles. The van der Waals surface area contributed by atoms with E-state index in [4.69, 9.17) is 17.0 Å². The lowest BCUT2D eigenvalue weighted by Gasteiger charge is -2.32. The van der Waals surface area contributed by atoms with Crippen molar-refractivity contribution in [1.29, 1.82) is 0 Å². The van der Waals surface area contributed by atoms with Crippen LogP contribution < -0.4 is 16.2 Å². The smallest absolute Gasteiger partial charge is 0.241 e. The molecule has 2 aromatic rings. The van der Waals surface area contributed by atoms with Gasteiger partial charge in [0.2, 0.25) is 5.91 Å². The van der Waals surface area contributed by atoms with Crippen molar-refractivity contribution >= 4 is 28.9 Å². The second kappa shape index (κ2) is 12.4. The van der Waals surface area contributed by atoms with Crippen LogP contribution in [0.3, 0.4) is 0 Å². The Balaban J connectivity index is 1.28. The molecule has 1 amide bonds. The predicted molar refractivity (Wildman–Crippen MR) is 125 cm³/mol. The molecule has 1 unspecified atom stereocenters. The zero-order valence-corrected chi connectivity index (χ0v) is 18.3. The van der Waals surface area contributed by atoms with E-state index in [9.17, 15) is 9.90 Å². The molecule has 0 spiro atoms. The van der Waals surface area contributed by atoms with Crippen molar-refractivity contribution in [2.75, 3.05) is 31.6 Å². The molecule has 3 rings (SSSR count). The third-order valence-electron chi connectivity index (χ3n) is 5.18. The van der Waals surface area contributed by atoms with Crippen molar-refractivity contribution in [2.45, 2.75) is 25.6 Å². The molecule has 1 aliphatic heterocycles. The van der Waals surface area contributed by atoms with E-state index in [2.05, 4.69) is 21.1 Å². The molecule has 7 nitrogen and oxygen atoms in total. The van der Waals surface area contributed by atoms with Gasteiger partial charge in [-0.1, -0.05) is 48.5 Å². The summed E-state index contributed by atoms with van der Waals surface area (Å²) in [6.07, 6.45) is 0.936. The molecule has 166 valence electrons. The third kappa shape index (κ3) is 8.26. The molecule has 0 radical (unpaired) electrons. The Bertz CT molecular complexity index is 814. The van der Waals surface area contributed by atoms with E-state index in [0.29, 0.717) is 24.9 Å². The van der Waals surface area contributed by atoms with Crippen LogP contribution in [-0.4, -0.2) is 53.4 Å². The van der Waals surface area contributed by atoms with Crippen LogP contribution in [0.1, 0.15) is 18.4 Å². The van der Waals surface area contributed by atoms with Gasteiger partial charge < -0.3 is 20.1 Å². The molecule has 1 aliphatic rings. The van der Waals surface area contributed by atoms with Crippen LogP contribution in [0.4, 0.5) is 5.69 Å². The molecule has 0 aromatic heterocycles. The molecule has 31 heavy (non-hydrogen) atoms. The van der Waals surface area contributed by atoms with Gasteiger partial charge in [-0.15, -0.1) is 0 Å². The summed E-state index contributed by atoms with van der Waals surface area (Å²) < 4.78 is 5.61. The minimum atomic E-state index is -0.544. The number of nitrogens with zero attached hydrogens (tertiary/aromatic N) is 1. The van der Waals surface area contributed by atoms with Gasteiger partial charge in [-0.3, -0.25) is 15.6 Å². The minimum Gasteiger partial charge on any atom is -0.389 e. The monoisotopic (exact) mass is 442 g/mol. The first kappa shape index (κ1) is 23.1. The molecular weight excluding hydrogens is 412 g/mol. The van der Waals surface area contributed by atoms with Gasteiger partial charge in [0, 0.05) is 18.2 Å². The average molecular weight is 443 g/mol. The maximum Gasteiger partial charge on any atom is 0.241 e. The maximum atomic E-state index is 12.4. The van der Waals surface area contributed by atoms with Gasteiger partial charge in [0.25, 0.3) is 0 Å². The van der Waals surface area contributed by atoms with Gasteiger partial charge in [-0.25, -0.2) is 0 Å². The number of likely N-dealkylation sites (tertiary alicyclic amines) is 1. The van der Waals surface area contributed by atoms with E-state index < -0.39 is 6.10 Å². The van der Waals surface area contributed by atoms with Crippen molar-refractivity contribution in [3.8, 4) is 0 Å². The number of piperidine rings is 1. The fraction of sp³-hybridized carbons (Fsp3) is 0.391. The summed E-state index contributed by atoms with van der Waals surface area (Å²) in [7, 11) is 0. The number of ether oxygens (including phenoxy) is 1. The normalized spacial score (nSPS) is 15.8. The Morgan fingerprint density at radius 2 is 1.71 bits per heavy atom. The molecule has 1 saturated heterocycles. The summed E-state index contributed by atoms with van der Waals surface area (Å²) in [5, 5.41) is 13.6. The highest BCUT2D eigenvalue weighted by molar-refractivity contribution is 7.80. The number of nitrogens with one attached hydrogen (secondary N) is 3. The highest BCUT2D eigenvalue weighted by Crippen LogP contribution is 2.17. The average Bonchev–Trinajstić information content (AvgIpc) is 2.79. The fourth-order valence-corrected chi connectivity index (χ4v) is 3.69. The van der Waals surface area contributed by atoms with Crippen molar-refractivity contribution in [1.82, 2.24) is 15.8 Å². The number of carbonyl (C=O) groups is 1. The van der Waals surface area contributed by atoms with Crippen molar-refractivity contribution in [3.05, 3.63) is 66.2 Å². The largest absolute Gasteiger partial charge is 0.389 e. The number of amides is 1. The first-order valence-electron chi connectivity index (χ1n) is 10.5. The van der Waals surface area contributed by atoms with Crippen molar-refractivity contribution < 1.29 is 14.6 Å². The Labute approximate surface area is 188 Å². The van der Waals surface area contributed by atoms with Crippen LogP contribution in [0.5, 0.6) is 0 Å². The second-order valence-corrected chi connectivity index (χ2v) is 8.07. The van der Waals surface area contributed by atoms with E-state index in [-0.39, 0.29) is 11.8 Å². The zero-order chi connectivity index (χ0) is 21.9. The number of hydrogen-bond acceptors (Lipinski definition) is 5. The standard InChI is InChI=1S/C23H30N4O3S/c28-21(17-30-16-18-7-3-1-4-8-18)15-27-13-11-19(12-14-27)22(29)25-26-23(31)24-20-9-5-2-6-10-20/h1-10,19,21,28H,11-17H2,(H,25,29)(H2,24,26,31). The number of β-amino-alcohol motifs (C(OH)–C–C–N with tert-alkyl or cyclic N) is 1. The molecule has 1 atom stereocenters. The third-order valence-corrected chi connectivity index (χ3v) is 5.38. The van der Waals surface area contributed by atoms with Gasteiger partial charge in [0.15, 0.2) is 5.11 Å². The number of hydrazine groups is 1. The second-order valence-electron chi connectivity index (χ2n) is 7.66. The van der Waals surface area contributed by atoms with E-state index in [0.717, 1.165) is 37.2 Å². The Morgan fingerprint density at radius 1 is 1.06 bits per heavy atom. The summed E-state index contributed by atoms with van der Waals surface area (Å²) >= 11 is 5.20. The predicted octanol–water partition coefficient (Wildman–Crippen LogP) is 2.29. The number of thiocarbonyl (C=S) groups is 1. The van der Waals surface area contributed by atoms with E-state index in [1.807, 2.05) is 60.7 Å². The number of rotatable bonds is 8. The van der Waals surface area contributed by atoms with Crippen molar-refractivity contribution in [3.63, 3.8) is 0 Å². The van der Waals surface area contributed by atoms with Crippen LogP contribution in [0, 0.1) is 5.92 Å². The van der Waals surface area contributed by atoms with Gasteiger partial charge in [0.1, 0.15) is 0 Å². The minimum absolute atomic E-state index is 0.0661. The van der Waals surface area contributed by atoms with Crippen LogP contribution >= 0.6 is 12.2 Å². The zero-order valence-electron chi connectivity index (χ0n) is 17.5. The summed E-state index contributed by atoms with van der Waals surface area (Å²) in [6, 6.07) is 19.4. The van der Waals surface area contributed by atoms with E-state index in [1.54, 1.807) is 0 Å². The van der Waals surface area contributed by atoms with Gasteiger partial charge in [-0.05, 0) is 55.8 Å². The first-order chi connectivity index (χ1) is 15.1. The van der Waals surface area contributed by atoms with Gasteiger partial charge in [-0.2, -0.15) is 0 Å². The van der Waals surface area contributed by atoms with E-state index >= 15 is 0 Å². The molecule has 4 N–H and O–H groups in total. The molecule has 8 heteroatoms. The van der Waals surface area contributed by atoms with Crippen LogP contribution in [0.25, 0.3) is 0 Å². The van der Waals surface area contributed by atoms with E-state index in [1.165, 1.54) is 0 Å². The Hall–Kier alpha value is -2.52. The summed E-state index contributed by atoms with van der Waals surface area (Å²) in [4.78, 5) is 14.6. The van der Waals surface area contributed by atoms with Gasteiger partial charge in [0.05, 0.1) is 19.3 Å². The Morgan fingerprint density at radius 3 is 2.39 bits per heavy atom. The number of para-hydroxylation sites is 1. The molecule has 0 aliphatic carbocycles. The lowest BCUT2D eigenvalue weighted by Crippen LogP contribution is -2.49. The quantitative estimate of drug-likeness (QED) is 0.369. The molecule has 0 bridgehead atoms. The summed E-state index contributed by atoms with van der Waals surface area (Å²) in [5.41, 5.74) is 7.40. The highest BCUT2D eigenvalue weighted by atomic mass is 32.1. The lowest BCUT2D eigenvalue weighted by molar-refractivity contribution is -0.127. The number of aliphatic hydroxyl groups excluding tert-OH is 1. The van der Waals surface area contributed by atoms with Crippen LogP contribution in [0.2, 0.25) is 0 Å². The number of aliphatic hydroxyl groups is 1. The van der Waals surface area contributed by atoms with Crippen molar-refractivity contribution in [2.24, 2.45) is 5.92 Å². The molecular formula is C23H30N4O3S. The maximum absolute atomic E-state index is 12.4. The summed E-state index contributed by atoms with van der Waals surface area (Å²) in [5.74, 6) is -0.140. The Kier molecular flexibility index (Phi) is 9.23. The SMILES string of the molecule is O=C(NNC(=S)Nc1ccccc1)C1CCN(CC(O)COCc2ccccc2)CC1. The van der Waals surface area contributed by atoms with Gasteiger partial charge >= 0.3 is 0 Å². The number of anilines is 1. The lowest BCUT2D eigenvalue weighted by atomic mass is 9.96. The number of hydrogen-bond donors (Lipinski definition) is 4. The van der Waals surface area contributed by atoms with Crippen LogP contribution in [0.15, 0.2) is 60.7 Å². The number of benzene rings is 2. The fourth-order valence-electron chi connectivity index (χ4n) is 3.52. The molecule has 0 saturated carbocycles. The topological polar surface area (TPSA) is 85.9 Å². The molecule has 2 aromatic carbocycles.